The molecule has 0 atom stereocenters. The van der Waals surface area contributed by atoms with Crippen LogP contribution in [-0.2, 0) is 0 Å². The summed E-state index contributed by atoms with van der Waals surface area (Å²) in [5.41, 5.74) is 11.3. The summed E-state index contributed by atoms with van der Waals surface area (Å²) in [6.45, 7) is 3.22. The normalized spacial score (nSPS) is 12.1. The molecule has 0 radical (unpaired) electrons. The molecule has 14 heavy (non-hydrogen) atoms. The van der Waals surface area contributed by atoms with Crippen molar-refractivity contribution in [3.63, 3.8) is 0 Å². The maximum Gasteiger partial charge on any atom is 0.137 e. The molecule has 0 fully saturated rings. The lowest BCUT2D eigenvalue weighted by atomic mass is 10.5. The van der Waals surface area contributed by atoms with Gasteiger partial charge >= 0.3 is 0 Å². The topological polar surface area (TPSA) is 100 Å². The number of nitrogens with two attached hydrogens (primary N) is 2. The predicted molar refractivity (Wildman–Crippen MR) is 59.3 cm³/mol. The molecule has 0 aromatic rings. The van der Waals surface area contributed by atoms with Crippen LogP contribution in [0.25, 0.3) is 0 Å². The van der Waals surface area contributed by atoms with Crippen molar-refractivity contribution in [1.29, 1.82) is 0 Å². The van der Waals surface area contributed by atoms with Gasteiger partial charge in [0.15, 0.2) is 0 Å². The molecular formula is C8H22N6. The Labute approximate surface area is 85.5 Å². The van der Waals surface area contributed by atoms with E-state index in [2.05, 4.69) is 21.3 Å². The zero-order chi connectivity index (χ0) is 10.8. The van der Waals surface area contributed by atoms with Gasteiger partial charge in [0.1, 0.15) is 11.6 Å². The van der Waals surface area contributed by atoms with Gasteiger partial charge in [-0.3, -0.25) is 0 Å². The monoisotopic (exact) mass is 202 g/mol. The van der Waals surface area contributed by atoms with Crippen molar-refractivity contribution >= 4 is 0 Å². The van der Waals surface area contributed by atoms with Crippen LogP contribution in [-0.4, -0.2) is 40.3 Å². The molecule has 0 aromatic carbocycles. The summed E-state index contributed by atoms with van der Waals surface area (Å²) in [4.78, 5) is 0. The SMILES string of the molecule is CNCCN/C(N)=C(/N)NCCNC. The molecule has 0 aliphatic carbocycles. The summed E-state index contributed by atoms with van der Waals surface area (Å²) >= 11 is 0. The quantitative estimate of drug-likeness (QED) is 0.247. The van der Waals surface area contributed by atoms with Gasteiger partial charge in [-0.15, -0.1) is 0 Å². The molecule has 0 bridgehead atoms. The fraction of sp³-hybridized carbons (Fsp3) is 0.750. The Morgan fingerprint density at radius 1 is 0.786 bits per heavy atom. The van der Waals surface area contributed by atoms with Crippen LogP contribution in [0.4, 0.5) is 0 Å². The van der Waals surface area contributed by atoms with Gasteiger partial charge in [-0.05, 0) is 14.1 Å². The standard InChI is InChI=1S/C8H22N6/c1-11-3-5-13-7(9)8(10)14-6-4-12-2/h11-14H,3-6,9-10H2,1-2H3/b8-7-. The van der Waals surface area contributed by atoms with Gasteiger partial charge in [-0.1, -0.05) is 0 Å². The highest BCUT2D eigenvalue weighted by Gasteiger charge is 1.96. The van der Waals surface area contributed by atoms with Crippen molar-refractivity contribution in [3.05, 3.63) is 11.6 Å². The van der Waals surface area contributed by atoms with E-state index in [1.54, 1.807) is 0 Å². The van der Waals surface area contributed by atoms with Crippen LogP contribution in [0.5, 0.6) is 0 Å². The Morgan fingerprint density at radius 3 is 1.43 bits per heavy atom. The third kappa shape index (κ3) is 6.38. The lowest BCUT2D eigenvalue weighted by Crippen LogP contribution is -2.36. The van der Waals surface area contributed by atoms with Crippen molar-refractivity contribution in [2.75, 3.05) is 40.3 Å². The Morgan fingerprint density at radius 2 is 1.14 bits per heavy atom. The van der Waals surface area contributed by atoms with E-state index in [1.165, 1.54) is 0 Å². The van der Waals surface area contributed by atoms with Crippen LogP contribution in [0, 0.1) is 0 Å². The largest absolute Gasteiger partial charge is 0.383 e. The molecule has 0 unspecified atom stereocenters. The first kappa shape index (κ1) is 12.9. The van der Waals surface area contributed by atoms with E-state index in [1.807, 2.05) is 14.1 Å². The van der Waals surface area contributed by atoms with E-state index >= 15 is 0 Å². The first-order valence-electron chi connectivity index (χ1n) is 4.74. The number of rotatable bonds is 8. The molecule has 0 rings (SSSR count). The van der Waals surface area contributed by atoms with E-state index in [4.69, 9.17) is 11.5 Å². The zero-order valence-electron chi connectivity index (χ0n) is 8.98. The molecule has 0 spiro atoms. The average Bonchev–Trinajstić information content (AvgIpc) is 2.18. The van der Waals surface area contributed by atoms with Crippen molar-refractivity contribution in [2.45, 2.75) is 0 Å². The molecular weight excluding hydrogens is 180 g/mol. The summed E-state index contributed by atoms with van der Waals surface area (Å²) in [5.74, 6) is 0.993. The van der Waals surface area contributed by atoms with Crippen molar-refractivity contribution in [3.8, 4) is 0 Å². The Kier molecular flexibility index (Phi) is 7.77. The summed E-state index contributed by atoms with van der Waals surface area (Å²) in [7, 11) is 3.77. The van der Waals surface area contributed by atoms with Crippen molar-refractivity contribution < 1.29 is 0 Å². The maximum atomic E-state index is 5.67. The van der Waals surface area contributed by atoms with Gasteiger partial charge in [-0.25, -0.2) is 0 Å². The van der Waals surface area contributed by atoms with E-state index in [0.717, 1.165) is 26.2 Å². The highest BCUT2D eigenvalue weighted by Crippen LogP contribution is 1.80. The van der Waals surface area contributed by atoms with E-state index in [0.29, 0.717) is 11.6 Å². The summed E-state index contributed by atoms with van der Waals surface area (Å²) in [6, 6.07) is 0. The minimum Gasteiger partial charge on any atom is -0.383 e. The van der Waals surface area contributed by atoms with Gasteiger partial charge in [0, 0.05) is 26.2 Å². The highest BCUT2D eigenvalue weighted by atomic mass is 15.1. The van der Waals surface area contributed by atoms with Crippen molar-refractivity contribution in [2.24, 2.45) is 11.5 Å². The second-order valence-corrected chi connectivity index (χ2v) is 2.89. The number of likely N-dealkylation sites (N-methyl/N-ethyl adjacent to an activating group) is 2. The molecule has 0 heterocycles. The summed E-state index contributed by atoms with van der Waals surface area (Å²) in [6.07, 6.45) is 0. The van der Waals surface area contributed by atoms with E-state index in [9.17, 15) is 0 Å². The van der Waals surface area contributed by atoms with E-state index < -0.39 is 0 Å². The van der Waals surface area contributed by atoms with Gasteiger partial charge in [0.2, 0.25) is 0 Å². The van der Waals surface area contributed by atoms with Gasteiger partial charge < -0.3 is 32.7 Å². The lowest BCUT2D eigenvalue weighted by Gasteiger charge is -2.11. The third-order valence-electron chi connectivity index (χ3n) is 1.67. The molecule has 0 amide bonds. The number of hydrogen-bond donors (Lipinski definition) is 6. The minimum absolute atomic E-state index is 0.497. The first-order chi connectivity index (χ1) is 6.72. The van der Waals surface area contributed by atoms with Gasteiger partial charge in [0.25, 0.3) is 0 Å². The molecule has 6 nitrogen and oxygen atoms in total. The summed E-state index contributed by atoms with van der Waals surface area (Å²) < 4.78 is 0. The highest BCUT2D eigenvalue weighted by molar-refractivity contribution is 5.03. The van der Waals surface area contributed by atoms with Crippen molar-refractivity contribution in [1.82, 2.24) is 21.3 Å². The minimum atomic E-state index is 0.497. The first-order valence-corrected chi connectivity index (χ1v) is 4.74. The lowest BCUT2D eigenvalue weighted by molar-refractivity contribution is 0.668. The maximum absolute atomic E-state index is 5.67. The molecule has 84 valence electrons. The molecule has 6 heteroatoms. The van der Waals surface area contributed by atoms with E-state index in [-0.39, 0.29) is 0 Å². The average molecular weight is 202 g/mol. The van der Waals surface area contributed by atoms with Gasteiger partial charge in [-0.2, -0.15) is 0 Å². The van der Waals surface area contributed by atoms with Crippen LogP contribution in [0.2, 0.25) is 0 Å². The smallest absolute Gasteiger partial charge is 0.137 e. The fourth-order valence-electron chi connectivity index (χ4n) is 0.835. The third-order valence-corrected chi connectivity index (χ3v) is 1.67. The number of nitrogens with one attached hydrogen (secondary N) is 4. The Balaban J connectivity index is 3.66. The van der Waals surface area contributed by atoms with Gasteiger partial charge in [0.05, 0.1) is 0 Å². The molecule has 8 N–H and O–H groups in total. The fourth-order valence-corrected chi connectivity index (χ4v) is 0.835. The molecule has 0 saturated heterocycles. The second kappa shape index (κ2) is 8.46. The molecule has 0 aliphatic heterocycles. The number of hydrogen-bond acceptors (Lipinski definition) is 6. The molecule has 0 aliphatic rings. The van der Waals surface area contributed by atoms with Crippen LogP contribution >= 0.6 is 0 Å². The Hall–Kier alpha value is -1.14. The zero-order valence-corrected chi connectivity index (χ0v) is 8.98. The van der Waals surface area contributed by atoms with Crippen LogP contribution in [0.1, 0.15) is 0 Å². The van der Waals surface area contributed by atoms with Crippen LogP contribution in [0.3, 0.4) is 0 Å². The second-order valence-electron chi connectivity index (χ2n) is 2.89. The van der Waals surface area contributed by atoms with Crippen LogP contribution < -0.4 is 32.7 Å². The predicted octanol–water partition coefficient (Wildman–Crippen LogP) is -2.35. The molecule has 0 aromatic heterocycles. The van der Waals surface area contributed by atoms with Crippen LogP contribution in [0.15, 0.2) is 11.6 Å². The summed E-state index contributed by atoms with van der Waals surface area (Å²) in [5, 5.41) is 12.0. The molecule has 0 saturated carbocycles. The Bertz CT molecular complexity index is 149.